The van der Waals surface area contributed by atoms with Crippen LogP contribution in [0.4, 0.5) is 5.82 Å². The highest BCUT2D eigenvalue weighted by molar-refractivity contribution is 7.99. The van der Waals surface area contributed by atoms with Crippen molar-refractivity contribution in [3.8, 4) is 0 Å². The van der Waals surface area contributed by atoms with Gasteiger partial charge in [-0.2, -0.15) is 0 Å². The Labute approximate surface area is 169 Å². The highest BCUT2D eigenvalue weighted by Gasteiger charge is 2.28. The number of carbonyl (C=O) groups is 2. The van der Waals surface area contributed by atoms with Crippen LogP contribution in [-0.2, 0) is 14.3 Å². The van der Waals surface area contributed by atoms with Crippen LogP contribution in [0.1, 0.15) is 33.1 Å². The minimum absolute atomic E-state index is 0.0225. The molecule has 150 valence electrons. The fraction of sp³-hybridized carbons (Fsp3) is 0.667. The molecule has 1 saturated heterocycles. The molecule has 0 aliphatic carbocycles. The highest BCUT2D eigenvalue weighted by Crippen LogP contribution is 2.23. The molecule has 0 bridgehead atoms. The van der Waals surface area contributed by atoms with E-state index in [1.54, 1.807) is 17.9 Å². The summed E-state index contributed by atoms with van der Waals surface area (Å²) in [6, 6.07) is 1.73. The van der Waals surface area contributed by atoms with Crippen molar-refractivity contribution in [1.29, 1.82) is 0 Å². The first-order valence-corrected chi connectivity index (χ1v) is 10.6. The minimum Gasteiger partial charge on any atom is -0.466 e. The van der Waals surface area contributed by atoms with Crippen LogP contribution in [0.5, 0.6) is 0 Å². The summed E-state index contributed by atoms with van der Waals surface area (Å²) in [5.41, 5.74) is 0. The summed E-state index contributed by atoms with van der Waals surface area (Å²) in [7, 11) is 1.95. The predicted octanol–water partition coefficient (Wildman–Crippen LogP) is 2.87. The van der Waals surface area contributed by atoms with Gasteiger partial charge in [0.2, 0.25) is 5.91 Å². The molecule has 1 aromatic rings. The van der Waals surface area contributed by atoms with Gasteiger partial charge in [-0.05, 0) is 26.2 Å². The molecule has 27 heavy (non-hydrogen) atoms. The standard InChI is InChI=1S/C18H27ClN4O3S/c1-4-8-22(3)15-11-14(19)20-18(21-15)27-12-16(24)23-9-6-13(7-10-23)17(25)26-5-2/h11,13H,4-10,12H2,1-3H3. The first-order chi connectivity index (χ1) is 12.9. The summed E-state index contributed by atoms with van der Waals surface area (Å²) in [6.07, 6.45) is 2.30. The minimum atomic E-state index is -0.157. The quantitative estimate of drug-likeness (QED) is 0.280. The van der Waals surface area contributed by atoms with Crippen molar-refractivity contribution in [2.24, 2.45) is 5.92 Å². The largest absolute Gasteiger partial charge is 0.466 e. The Kier molecular flexibility index (Phi) is 8.63. The van der Waals surface area contributed by atoms with E-state index in [0.717, 1.165) is 18.8 Å². The van der Waals surface area contributed by atoms with E-state index in [4.69, 9.17) is 16.3 Å². The number of ether oxygens (including phenoxy) is 1. The van der Waals surface area contributed by atoms with E-state index < -0.39 is 0 Å². The number of likely N-dealkylation sites (tertiary alicyclic amines) is 1. The molecule has 0 N–H and O–H groups in total. The number of halogens is 1. The molecule has 2 rings (SSSR count). The number of carbonyl (C=O) groups excluding carboxylic acids is 2. The second-order valence-electron chi connectivity index (χ2n) is 6.45. The maximum absolute atomic E-state index is 12.5. The van der Waals surface area contributed by atoms with Gasteiger partial charge in [0.25, 0.3) is 0 Å². The second kappa shape index (κ2) is 10.7. The number of aromatic nitrogens is 2. The van der Waals surface area contributed by atoms with E-state index in [1.807, 2.05) is 11.9 Å². The molecule has 1 aliphatic heterocycles. The number of piperidine rings is 1. The van der Waals surface area contributed by atoms with Crippen LogP contribution in [0, 0.1) is 5.92 Å². The molecule has 0 atom stereocenters. The Balaban J connectivity index is 1.86. The molecule has 0 spiro atoms. The molecule has 0 saturated carbocycles. The van der Waals surface area contributed by atoms with Gasteiger partial charge in [-0.25, -0.2) is 9.97 Å². The zero-order valence-electron chi connectivity index (χ0n) is 16.1. The third-order valence-electron chi connectivity index (χ3n) is 4.40. The van der Waals surface area contributed by atoms with Gasteiger partial charge >= 0.3 is 5.97 Å². The summed E-state index contributed by atoms with van der Waals surface area (Å²) in [4.78, 5) is 36.8. The SMILES string of the molecule is CCCN(C)c1cc(Cl)nc(SCC(=O)N2CCC(C(=O)OCC)CC2)n1. The van der Waals surface area contributed by atoms with Crippen LogP contribution in [0.15, 0.2) is 11.2 Å². The average Bonchev–Trinajstić information content (AvgIpc) is 2.66. The lowest BCUT2D eigenvalue weighted by atomic mass is 9.97. The zero-order valence-corrected chi connectivity index (χ0v) is 17.7. The van der Waals surface area contributed by atoms with Crippen LogP contribution in [0.2, 0.25) is 5.15 Å². The lowest BCUT2D eigenvalue weighted by Crippen LogP contribution is -2.41. The maximum Gasteiger partial charge on any atom is 0.309 e. The maximum atomic E-state index is 12.5. The average molecular weight is 415 g/mol. The first-order valence-electron chi connectivity index (χ1n) is 9.27. The number of rotatable bonds is 8. The summed E-state index contributed by atoms with van der Waals surface area (Å²) < 4.78 is 5.06. The Morgan fingerprint density at radius 1 is 1.33 bits per heavy atom. The number of amides is 1. The molecule has 0 aromatic carbocycles. The van der Waals surface area contributed by atoms with Crippen LogP contribution in [0.25, 0.3) is 0 Å². The molecule has 7 nitrogen and oxygen atoms in total. The van der Waals surface area contributed by atoms with Gasteiger partial charge in [0.15, 0.2) is 5.16 Å². The molecule has 9 heteroatoms. The third kappa shape index (κ3) is 6.53. The van der Waals surface area contributed by atoms with Crippen molar-refractivity contribution in [3.05, 3.63) is 11.2 Å². The van der Waals surface area contributed by atoms with Crippen molar-refractivity contribution in [3.63, 3.8) is 0 Å². The molecule has 1 aromatic heterocycles. The summed E-state index contributed by atoms with van der Waals surface area (Å²) in [5, 5.41) is 0.864. The van der Waals surface area contributed by atoms with Crippen molar-refractivity contribution in [2.75, 3.05) is 43.9 Å². The zero-order chi connectivity index (χ0) is 19.8. The van der Waals surface area contributed by atoms with Crippen molar-refractivity contribution in [2.45, 2.75) is 38.3 Å². The molecule has 1 aliphatic rings. The van der Waals surface area contributed by atoms with E-state index in [1.165, 1.54) is 11.8 Å². The lowest BCUT2D eigenvalue weighted by molar-refractivity contribution is -0.151. The first kappa shape index (κ1) is 21.8. The van der Waals surface area contributed by atoms with Gasteiger partial charge < -0.3 is 14.5 Å². The van der Waals surface area contributed by atoms with Gasteiger partial charge in [0, 0.05) is 32.7 Å². The molecule has 2 heterocycles. The molecule has 1 amide bonds. The van der Waals surface area contributed by atoms with E-state index in [2.05, 4.69) is 16.9 Å². The summed E-state index contributed by atoms with van der Waals surface area (Å²) in [6.45, 7) is 6.30. The molecule has 0 unspecified atom stereocenters. The van der Waals surface area contributed by atoms with Gasteiger partial charge in [-0.15, -0.1) is 0 Å². The van der Waals surface area contributed by atoms with Gasteiger partial charge in [0.05, 0.1) is 18.3 Å². The normalized spacial score (nSPS) is 14.9. The Morgan fingerprint density at radius 2 is 2.04 bits per heavy atom. The molecule has 1 fully saturated rings. The molecule has 0 radical (unpaired) electrons. The number of esters is 1. The van der Waals surface area contributed by atoms with Crippen LogP contribution < -0.4 is 4.90 Å². The molecular formula is C18H27ClN4O3S. The van der Waals surface area contributed by atoms with Crippen molar-refractivity contribution >= 4 is 41.1 Å². The van der Waals surface area contributed by atoms with E-state index in [0.29, 0.717) is 42.8 Å². The van der Waals surface area contributed by atoms with Crippen molar-refractivity contribution in [1.82, 2.24) is 14.9 Å². The van der Waals surface area contributed by atoms with E-state index in [9.17, 15) is 9.59 Å². The topological polar surface area (TPSA) is 75.6 Å². The fourth-order valence-electron chi connectivity index (χ4n) is 2.94. The number of hydrogen-bond donors (Lipinski definition) is 0. The monoisotopic (exact) mass is 414 g/mol. The van der Waals surface area contributed by atoms with Gasteiger partial charge in [0.1, 0.15) is 11.0 Å². The van der Waals surface area contributed by atoms with Crippen LogP contribution in [-0.4, -0.2) is 65.8 Å². The Bertz CT molecular complexity index is 653. The van der Waals surface area contributed by atoms with Crippen molar-refractivity contribution < 1.29 is 14.3 Å². The highest BCUT2D eigenvalue weighted by atomic mass is 35.5. The molecular weight excluding hydrogens is 388 g/mol. The third-order valence-corrected chi connectivity index (χ3v) is 5.43. The fourth-order valence-corrected chi connectivity index (χ4v) is 3.92. The number of hydrogen-bond acceptors (Lipinski definition) is 7. The van der Waals surface area contributed by atoms with E-state index in [-0.39, 0.29) is 23.5 Å². The summed E-state index contributed by atoms with van der Waals surface area (Å²) >= 11 is 7.38. The number of anilines is 1. The van der Waals surface area contributed by atoms with E-state index >= 15 is 0 Å². The smallest absolute Gasteiger partial charge is 0.309 e. The second-order valence-corrected chi connectivity index (χ2v) is 7.78. The van der Waals surface area contributed by atoms with Gasteiger partial charge in [-0.3, -0.25) is 9.59 Å². The number of nitrogens with zero attached hydrogens (tertiary/aromatic N) is 4. The summed E-state index contributed by atoms with van der Waals surface area (Å²) in [5.74, 6) is 0.766. The lowest BCUT2D eigenvalue weighted by Gasteiger charge is -2.30. The Hall–Kier alpha value is -1.54. The van der Waals surface area contributed by atoms with Crippen LogP contribution >= 0.6 is 23.4 Å². The van der Waals surface area contributed by atoms with Gasteiger partial charge in [-0.1, -0.05) is 30.3 Å². The van der Waals surface area contributed by atoms with Crippen LogP contribution in [0.3, 0.4) is 0 Å². The Morgan fingerprint density at radius 3 is 2.67 bits per heavy atom. The predicted molar refractivity (Wildman–Crippen MR) is 107 cm³/mol. The number of thioether (sulfide) groups is 1.